The molecular weight excluding hydrogens is 546 g/mol. The lowest BCUT2D eigenvalue weighted by molar-refractivity contribution is -0.131. The molecule has 3 atom stereocenters. The van der Waals surface area contributed by atoms with Crippen molar-refractivity contribution in [2.75, 3.05) is 6.61 Å². The summed E-state index contributed by atoms with van der Waals surface area (Å²) >= 11 is 0. The van der Waals surface area contributed by atoms with Gasteiger partial charge in [-0.15, -0.1) is 0 Å². The number of hydrogen-bond acceptors (Lipinski definition) is 4. The molecular formula is C39H71NO4. The molecule has 5 nitrogen and oxygen atoms in total. The van der Waals surface area contributed by atoms with E-state index in [1.54, 1.807) is 6.08 Å². The van der Waals surface area contributed by atoms with Gasteiger partial charge in [0.15, 0.2) is 0 Å². The van der Waals surface area contributed by atoms with Gasteiger partial charge in [-0.05, 0) is 64.2 Å². The molecule has 0 aromatic rings. The number of rotatable bonds is 32. The Kier molecular flexibility index (Phi) is 32.9. The molecule has 0 aliphatic heterocycles. The van der Waals surface area contributed by atoms with Crippen LogP contribution in [0.5, 0.6) is 0 Å². The Morgan fingerprint density at radius 3 is 1.45 bits per heavy atom. The first-order chi connectivity index (χ1) is 21.6. The molecule has 0 fully saturated rings. The topological polar surface area (TPSA) is 89.8 Å². The minimum absolute atomic E-state index is 0.387. The van der Waals surface area contributed by atoms with E-state index in [0.29, 0.717) is 6.42 Å². The molecule has 0 spiro atoms. The molecule has 0 heterocycles. The average Bonchev–Trinajstić information content (AvgIpc) is 3.03. The van der Waals surface area contributed by atoms with Crippen molar-refractivity contribution in [2.24, 2.45) is 0 Å². The van der Waals surface area contributed by atoms with E-state index in [0.717, 1.165) is 64.2 Å². The van der Waals surface area contributed by atoms with E-state index in [9.17, 15) is 20.1 Å². The largest absolute Gasteiger partial charge is 0.394 e. The maximum absolute atomic E-state index is 12.3. The number of carbonyl (C=O) groups is 1. The number of amides is 1. The van der Waals surface area contributed by atoms with Crippen molar-refractivity contribution in [3.05, 3.63) is 48.6 Å². The SMILES string of the molecule is CCCC/C=C\CCCCCCC(O)C(=O)NC(CO)C(O)/C=C/CC/C=C/CC/C=C/CCCCCCCCCCCC. The van der Waals surface area contributed by atoms with Gasteiger partial charge in [0.1, 0.15) is 6.10 Å². The van der Waals surface area contributed by atoms with E-state index in [2.05, 4.69) is 55.6 Å². The summed E-state index contributed by atoms with van der Waals surface area (Å²) in [6.45, 7) is 4.09. The van der Waals surface area contributed by atoms with E-state index in [4.69, 9.17) is 0 Å². The van der Waals surface area contributed by atoms with Crippen LogP contribution in [0.3, 0.4) is 0 Å². The third-order valence-corrected chi connectivity index (χ3v) is 8.12. The summed E-state index contributed by atoms with van der Waals surface area (Å²) in [5.41, 5.74) is 0. The lowest BCUT2D eigenvalue weighted by Gasteiger charge is -2.21. The molecule has 0 aromatic carbocycles. The molecule has 3 unspecified atom stereocenters. The summed E-state index contributed by atoms with van der Waals surface area (Å²) in [5, 5.41) is 32.8. The maximum atomic E-state index is 12.3. The minimum Gasteiger partial charge on any atom is -0.394 e. The number of carbonyl (C=O) groups excluding carboxylic acids is 1. The summed E-state index contributed by atoms with van der Waals surface area (Å²) in [6.07, 6.45) is 42.8. The van der Waals surface area contributed by atoms with Crippen molar-refractivity contribution in [1.82, 2.24) is 5.32 Å². The number of aliphatic hydroxyl groups excluding tert-OH is 3. The van der Waals surface area contributed by atoms with Crippen LogP contribution in [0.1, 0.15) is 168 Å². The molecule has 0 rings (SSSR count). The number of unbranched alkanes of at least 4 members (excludes halogenated alkanes) is 18. The van der Waals surface area contributed by atoms with Crippen LogP contribution in [-0.4, -0.2) is 46.1 Å². The second kappa shape index (κ2) is 34.2. The molecule has 0 radical (unpaired) electrons. The number of allylic oxidation sites excluding steroid dienone is 7. The highest BCUT2D eigenvalue weighted by Gasteiger charge is 2.22. The average molecular weight is 618 g/mol. The monoisotopic (exact) mass is 618 g/mol. The Labute approximate surface area is 272 Å². The Morgan fingerprint density at radius 2 is 0.955 bits per heavy atom. The molecule has 4 N–H and O–H groups in total. The highest BCUT2D eigenvalue weighted by Crippen LogP contribution is 2.12. The van der Waals surface area contributed by atoms with Crippen molar-refractivity contribution < 1.29 is 20.1 Å². The first kappa shape index (κ1) is 42.3. The summed E-state index contributed by atoms with van der Waals surface area (Å²) in [7, 11) is 0. The Bertz CT molecular complexity index is 730. The van der Waals surface area contributed by atoms with Crippen LogP contribution < -0.4 is 5.32 Å². The first-order valence-electron chi connectivity index (χ1n) is 18.5. The lowest BCUT2D eigenvalue weighted by atomic mass is 10.1. The number of aliphatic hydroxyl groups is 3. The van der Waals surface area contributed by atoms with Crippen LogP contribution in [-0.2, 0) is 4.79 Å². The summed E-state index contributed by atoms with van der Waals surface area (Å²) in [6, 6.07) is -0.824. The standard InChI is InChI=1S/C39H71NO4/c1-3-5-7-9-11-13-15-16-17-18-19-20-21-22-23-24-26-27-29-31-33-37(42)36(35-41)40-39(44)38(43)34-32-30-28-25-14-12-10-8-6-4-2/h10,12,20-21,24,26,31,33,36-38,41-43H,3-9,11,13-19,22-23,25,27-30,32,34-35H2,1-2H3,(H,40,44)/b12-10-,21-20+,26-24+,33-31+. The van der Waals surface area contributed by atoms with Gasteiger partial charge in [-0.25, -0.2) is 0 Å². The van der Waals surface area contributed by atoms with Gasteiger partial charge in [-0.3, -0.25) is 4.79 Å². The summed E-state index contributed by atoms with van der Waals surface area (Å²) < 4.78 is 0. The van der Waals surface area contributed by atoms with Crippen LogP contribution >= 0.6 is 0 Å². The predicted octanol–water partition coefficient (Wildman–Crippen LogP) is 9.81. The Balaban J connectivity index is 3.83. The lowest BCUT2D eigenvalue weighted by Crippen LogP contribution is -2.48. The van der Waals surface area contributed by atoms with Crippen LogP contribution in [0.25, 0.3) is 0 Å². The fourth-order valence-corrected chi connectivity index (χ4v) is 5.14. The predicted molar refractivity (Wildman–Crippen MR) is 190 cm³/mol. The molecule has 256 valence electrons. The van der Waals surface area contributed by atoms with Crippen LogP contribution in [0.4, 0.5) is 0 Å². The van der Waals surface area contributed by atoms with Gasteiger partial charge in [-0.1, -0.05) is 152 Å². The number of hydrogen-bond donors (Lipinski definition) is 4. The van der Waals surface area contributed by atoms with Crippen molar-refractivity contribution in [3.8, 4) is 0 Å². The third kappa shape index (κ3) is 29.0. The van der Waals surface area contributed by atoms with Crippen molar-refractivity contribution in [1.29, 1.82) is 0 Å². The normalized spacial score (nSPS) is 14.4. The van der Waals surface area contributed by atoms with E-state index in [-0.39, 0.29) is 6.61 Å². The number of nitrogens with one attached hydrogen (secondary N) is 1. The van der Waals surface area contributed by atoms with Crippen molar-refractivity contribution in [3.63, 3.8) is 0 Å². The molecule has 0 saturated heterocycles. The molecule has 0 aromatic heterocycles. The first-order valence-corrected chi connectivity index (χ1v) is 18.5. The minimum atomic E-state index is -1.12. The van der Waals surface area contributed by atoms with E-state index < -0.39 is 24.2 Å². The molecule has 0 bridgehead atoms. The fraction of sp³-hybridized carbons (Fsp3) is 0.769. The quantitative estimate of drug-likeness (QED) is 0.0447. The highest BCUT2D eigenvalue weighted by atomic mass is 16.3. The second-order valence-electron chi connectivity index (χ2n) is 12.4. The summed E-state index contributed by atoms with van der Waals surface area (Å²) in [4.78, 5) is 12.3. The van der Waals surface area contributed by atoms with Gasteiger partial charge >= 0.3 is 0 Å². The van der Waals surface area contributed by atoms with Crippen molar-refractivity contribution in [2.45, 2.75) is 186 Å². The maximum Gasteiger partial charge on any atom is 0.249 e. The molecule has 44 heavy (non-hydrogen) atoms. The van der Waals surface area contributed by atoms with Gasteiger partial charge in [0.25, 0.3) is 0 Å². The van der Waals surface area contributed by atoms with Gasteiger partial charge < -0.3 is 20.6 Å². The van der Waals surface area contributed by atoms with Crippen LogP contribution in [0, 0.1) is 0 Å². The fourth-order valence-electron chi connectivity index (χ4n) is 5.14. The van der Waals surface area contributed by atoms with Gasteiger partial charge in [0, 0.05) is 0 Å². The zero-order chi connectivity index (χ0) is 32.4. The Hall–Kier alpha value is -1.69. The molecule has 0 aliphatic carbocycles. The molecule has 5 heteroatoms. The summed E-state index contributed by atoms with van der Waals surface area (Å²) in [5.74, 6) is -0.532. The molecule has 0 saturated carbocycles. The van der Waals surface area contributed by atoms with E-state index in [1.165, 1.54) is 83.5 Å². The third-order valence-electron chi connectivity index (χ3n) is 8.12. The van der Waals surface area contributed by atoms with Crippen molar-refractivity contribution >= 4 is 5.91 Å². The molecule has 0 aliphatic rings. The van der Waals surface area contributed by atoms with Crippen LogP contribution in [0.15, 0.2) is 48.6 Å². The second-order valence-corrected chi connectivity index (χ2v) is 12.4. The van der Waals surface area contributed by atoms with Gasteiger partial charge in [0.05, 0.1) is 18.8 Å². The van der Waals surface area contributed by atoms with Crippen LogP contribution in [0.2, 0.25) is 0 Å². The zero-order valence-electron chi connectivity index (χ0n) is 28.8. The zero-order valence-corrected chi connectivity index (χ0v) is 28.8. The Morgan fingerprint density at radius 1 is 0.545 bits per heavy atom. The van der Waals surface area contributed by atoms with E-state index >= 15 is 0 Å². The smallest absolute Gasteiger partial charge is 0.249 e. The van der Waals surface area contributed by atoms with E-state index in [1.807, 2.05) is 6.08 Å². The van der Waals surface area contributed by atoms with Gasteiger partial charge in [0.2, 0.25) is 5.91 Å². The van der Waals surface area contributed by atoms with Gasteiger partial charge in [-0.2, -0.15) is 0 Å². The molecule has 1 amide bonds. The highest BCUT2D eigenvalue weighted by molar-refractivity contribution is 5.80.